The predicted molar refractivity (Wildman–Crippen MR) is 45.2 cm³/mol. The number of carbonyl (C=O) groups is 1. The average Bonchev–Trinajstić information content (AvgIpc) is 1.97. The summed E-state index contributed by atoms with van der Waals surface area (Å²) in [6.07, 6.45) is 1.73. The molecule has 62 valence electrons. The van der Waals surface area contributed by atoms with Gasteiger partial charge >= 0.3 is 0 Å². The fourth-order valence-electron chi connectivity index (χ4n) is 1.33. The Morgan fingerprint density at radius 3 is 2.55 bits per heavy atom. The largest absolute Gasteiger partial charge is 0.375 e. The van der Waals surface area contributed by atoms with E-state index < -0.39 is 0 Å². The Labute approximate surface area is 67.9 Å². The third-order valence-corrected chi connectivity index (χ3v) is 2.69. The molecule has 2 unspecified atom stereocenters. The summed E-state index contributed by atoms with van der Waals surface area (Å²) in [5.74, 6) is 0.400. The molecule has 0 fully saturated rings. The Bertz CT molecular complexity index is 208. The fourth-order valence-corrected chi connectivity index (χ4v) is 1.33. The highest BCUT2D eigenvalue weighted by atomic mass is 16.1. The maximum absolute atomic E-state index is 11.3. The molecule has 0 aromatic heterocycles. The van der Waals surface area contributed by atoms with Crippen molar-refractivity contribution in [3.63, 3.8) is 0 Å². The first-order chi connectivity index (χ1) is 5.04. The average molecular weight is 153 g/mol. The summed E-state index contributed by atoms with van der Waals surface area (Å²) in [7, 11) is 2.03. The molecule has 1 aliphatic heterocycles. The van der Waals surface area contributed by atoms with E-state index >= 15 is 0 Å². The highest BCUT2D eigenvalue weighted by molar-refractivity contribution is 5.93. The van der Waals surface area contributed by atoms with Crippen molar-refractivity contribution in [2.75, 3.05) is 7.05 Å². The molecule has 0 saturated heterocycles. The van der Waals surface area contributed by atoms with Gasteiger partial charge in [-0.3, -0.25) is 4.79 Å². The molecule has 0 bridgehead atoms. The van der Waals surface area contributed by atoms with Gasteiger partial charge in [-0.1, -0.05) is 6.92 Å². The molecule has 2 nitrogen and oxygen atoms in total. The molecule has 11 heavy (non-hydrogen) atoms. The molecule has 2 atom stereocenters. The molecule has 1 rings (SSSR count). The van der Waals surface area contributed by atoms with Crippen molar-refractivity contribution in [3.05, 3.63) is 11.8 Å². The van der Waals surface area contributed by atoms with Gasteiger partial charge in [-0.25, -0.2) is 0 Å². The molecule has 1 aliphatic rings. The first kappa shape index (κ1) is 8.31. The number of hydrogen-bond donors (Lipinski definition) is 0. The number of rotatable bonds is 0. The van der Waals surface area contributed by atoms with Gasteiger partial charge in [0.15, 0.2) is 5.78 Å². The van der Waals surface area contributed by atoms with Gasteiger partial charge in [-0.05, 0) is 13.8 Å². The second kappa shape index (κ2) is 2.68. The van der Waals surface area contributed by atoms with Crippen LogP contribution in [0.4, 0.5) is 0 Å². The molecule has 0 aromatic rings. The van der Waals surface area contributed by atoms with Gasteiger partial charge in [-0.15, -0.1) is 0 Å². The normalized spacial score (nSPS) is 32.2. The van der Waals surface area contributed by atoms with Crippen molar-refractivity contribution < 1.29 is 4.79 Å². The summed E-state index contributed by atoms with van der Waals surface area (Å²) < 4.78 is 0. The summed E-state index contributed by atoms with van der Waals surface area (Å²) in [6.45, 7) is 6.03. The Morgan fingerprint density at radius 2 is 2.00 bits per heavy atom. The minimum Gasteiger partial charge on any atom is -0.375 e. The zero-order valence-corrected chi connectivity index (χ0v) is 7.59. The van der Waals surface area contributed by atoms with Crippen LogP contribution in [-0.2, 0) is 4.79 Å². The van der Waals surface area contributed by atoms with Crippen LogP contribution in [0.25, 0.3) is 0 Å². The third kappa shape index (κ3) is 1.30. The summed E-state index contributed by atoms with van der Waals surface area (Å²) in [6, 6.07) is 0.340. The van der Waals surface area contributed by atoms with Gasteiger partial charge in [0, 0.05) is 30.8 Å². The summed E-state index contributed by atoms with van der Waals surface area (Å²) in [5, 5.41) is 0. The summed E-state index contributed by atoms with van der Waals surface area (Å²) in [4.78, 5) is 13.4. The lowest BCUT2D eigenvalue weighted by Crippen LogP contribution is -2.40. The minimum atomic E-state index is 0.142. The van der Waals surface area contributed by atoms with Crippen LogP contribution in [0, 0.1) is 5.92 Å². The highest BCUT2D eigenvalue weighted by Gasteiger charge is 2.26. The molecule has 0 saturated carbocycles. The van der Waals surface area contributed by atoms with Crippen LogP contribution in [0.5, 0.6) is 0 Å². The molecule has 1 heterocycles. The van der Waals surface area contributed by atoms with E-state index in [2.05, 4.69) is 11.8 Å². The highest BCUT2D eigenvalue weighted by Crippen LogP contribution is 2.20. The molecular weight excluding hydrogens is 138 g/mol. The molecule has 0 amide bonds. The van der Waals surface area contributed by atoms with Crippen LogP contribution in [0.2, 0.25) is 0 Å². The van der Waals surface area contributed by atoms with Crippen molar-refractivity contribution in [1.29, 1.82) is 0 Å². The monoisotopic (exact) mass is 153 g/mol. The first-order valence-electron chi connectivity index (χ1n) is 3.99. The lowest BCUT2D eigenvalue weighted by Gasteiger charge is -2.34. The number of hydrogen-bond acceptors (Lipinski definition) is 2. The van der Waals surface area contributed by atoms with Gasteiger partial charge in [0.25, 0.3) is 0 Å². The van der Waals surface area contributed by atoms with Gasteiger partial charge in [-0.2, -0.15) is 0 Å². The molecule has 2 heteroatoms. The number of nitrogens with zero attached hydrogens (tertiary/aromatic N) is 1. The Morgan fingerprint density at radius 1 is 1.45 bits per heavy atom. The Kier molecular flexibility index (Phi) is 2.03. The predicted octanol–water partition coefficient (Wildman–Crippen LogP) is 1.43. The standard InChI is InChI=1S/C9H15NO/c1-6-5-9(11)7(2)8(3)10(6)4/h5,7-8H,1-4H3. The van der Waals surface area contributed by atoms with Gasteiger partial charge in [0.1, 0.15) is 0 Å². The van der Waals surface area contributed by atoms with Gasteiger partial charge in [0.05, 0.1) is 0 Å². The smallest absolute Gasteiger partial charge is 0.162 e. The molecule has 0 N–H and O–H groups in total. The van der Waals surface area contributed by atoms with Crippen LogP contribution >= 0.6 is 0 Å². The van der Waals surface area contributed by atoms with E-state index in [9.17, 15) is 4.79 Å². The zero-order chi connectivity index (χ0) is 8.59. The van der Waals surface area contributed by atoms with E-state index in [1.807, 2.05) is 20.9 Å². The summed E-state index contributed by atoms with van der Waals surface area (Å²) in [5.41, 5.74) is 1.07. The topological polar surface area (TPSA) is 20.3 Å². The minimum absolute atomic E-state index is 0.142. The molecule has 0 radical (unpaired) electrons. The van der Waals surface area contributed by atoms with E-state index in [1.165, 1.54) is 0 Å². The second-order valence-electron chi connectivity index (χ2n) is 3.33. The van der Waals surface area contributed by atoms with Crippen LogP contribution in [-0.4, -0.2) is 23.8 Å². The van der Waals surface area contributed by atoms with E-state index in [-0.39, 0.29) is 11.7 Å². The molecular formula is C9H15NO. The number of carbonyl (C=O) groups excluding carboxylic acids is 1. The maximum atomic E-state index is 11.3. The number of ketones is 1. The van der Waals surface area contributed by atoms with E-state index in [0.29, 0.717) is 6.04 Å². The van der Waals surface area contributed by atoms with Crippen LogP contribution in [0.15, 0.2) is 11.8 Å². The Hall–Kier alpha value is -0.790. The van der Waals surface area contributed by atoms with Crippen LogP contribution < -0.4 is 0 Å². The first-order valence-corrected chi connectivity index (χ1v) is 3.99. The van der Waals surface area contributed by atoms with Crippen LogP contribution in [0.1, 0.15) is 20.8 Å². The van der Waals surface area contributed by atoms with Crippen LogP contribution in [0.3, 0.4) is 0 Å². The van der Waals surface area contributed by atoms with Gasteiger partial charge in [0.2, 0.25) is 0 Å². The quantitative estimate of drug-likeness (QED) is 0.524. The lowest BCUT2D eigenvalue weighted by atomic mass is 9.93. The van der Waals surface area contributed by atoms with Crippen molar-refractivity contribution in [2.45, 2.75) is 26.8 Å². The van der Waals surface area contributed by atoms with E-state index in [1.54, 1.807) is 6.08 Å². The SMILES string of the molecule is CC1=CC(=O)C(C)C(C)N1C. The third-order valence-electron chi connectivity index (χ3n) is 2.69. The second-order valence-corrected chi connectivity index (χ2v) is 3.33. The van der Waals surface area contributed by atoms with Crippen molar-refractivity contribution in [1.82, 2.24) is 4.90 Å². The summed E-state index contributed by atoms with van der Waals surface area (Å²) >= 11 is 0. The Balaban J connectivity index is 2.92. The molecule has 0 aliphatic carbocycles. The van der Waals surface area contributed by atoms with Crippen molar-refractivity contribution in [2.24, 2.45) is 5.92 Å². The van der Waals surface area contributed by atoms with Gasteiger partial charge < -0.3 is 4.90 Å². The molecule has 0 aromatic carbocycles. The van der Waals surface area contributed by atoms with Crippen molar-refractivity contribution >= 4 is 5.78 Å². The van der Waals surface area contributed by atoms with E-state index in [0.717, 1.165) is 5.70 Å². The lowest BCUT2D eigenvalue weighted by molar-refractivity contribution is -0.120. The van der Waals surface area contributed by atoms with E-state index in [4.69, 9.17) is 0 Å². The number of allylic oxidation sites excluding steroid dienone is 2. The fraction of sp³-hybridized carbons (Fsp3) is 0.667. The maximum Gasteiger partial charge on any atom is 0.162 e. The zero-order valence-electron chi connectivity index (χ0n) is 7.59. The van der Waals surface area contributed by atoms with Crippen molar-refractivity contribution in [3.8, 4) is 0 Å². The molecule has 0 spiro atoms.